The molecular formula is C46H54N6O7. The number of ether oxygens (including phenoxy) is 2. The van der Waals surface area contributed by atoms with E-state index >= 15 is 0 Å². The Morgan fingerprint density at radius 3 is 2.42 bits per heavy atom. The Bertz CT molecular complexity index is 2080. The van der Waals surface area contributed by atoms with Gasteiger partial charge in [-0.05, 0) is 91.4 Å². The van der Waals surface area contributed by atoms with Crippen LogP contribution in [0.1, 0.15) is 49.7 Å². The maximum atomic E-state index is 12.9. The molecule has 7 rings (SSSR count). The summed E-state index contributed by atoms with van der Waals surface area (Å²) < 4.78 is 11.4. The molecule has 2 unspecified atom stereocenters. The Morgan fingerprint density at radius 1 is 0.898 bits per heavy atom. The third kappa shape index (κ3) is 11.2. The zero-order valence-electron chi connectivity index (χ0n) is 33.6. The molecule has 0 bridgehead atoms. The van der Waals surface area contributed by atoms with Crippen molar-refractivity contribution in [2.45, 2.75) is 57.6 Å². The molecule has 2 aliphatic heterocycles. The van der Waals surface area contributed by atoms with E-state index in [0.29, 0.717) is 75.1 Å². The van der Waals surface area contributed by atoms with Crippen LogP contribution >= 0.6 is 0 Å². The van der Waals surface area contributed by atoms with E-state index in [9.17, 15) is 24.3 Å². The molecule has 2 atom stereocenters. The van der Waals surface area contributed by atoms with Crippen LogP contribution < -0.4 is 26.0 Å². The van der Waals surface area contributed by atoms with Gasteiger partial charge in [-0.2, -0.15) is 0 Å². The SMILES string of the molecule is CN(CCCCC(=O)Nc1ccc(CNCCc2ccc(O)c3c2OCC(=O)N3)cc1)C(=O)CCN1CC2CC(OC(=O)Nc3ccccc3-c3ccccc3)CC2C1. The van der Waals surface area contributed by atoms with Crippen molar-refractivity contribution in [2.75, 3.05) is 62.3 Å². The third-order valence-corrected chi connectivity index (χ3v) is 11.5. The van der Waals surface area contributed by atoms with Gasteiger partial charge in [-0.15, -0.1) is 0 Å². The number of aromatic hydroxyl groups is 1. The van der Waals surface area contributed by atoms with Crippen molar-refractivity contribution >= 4 is 40.9 Å². The van der Waals surface area contributed by atoms with E-state index in [1.54, 1.807) is 17.0 Å². The van der Waals surface area contributed by atoms with Crippen LogP contribution in [0.25, 0.3) is 11.1 Å². The van der Waals surface area contributed by atoms with E-state index in [-0.39, 0.29) is 36.2 Å². The number of carbonyl (C=O) groups is 4. The molecule has 1 aliphatic carbocycles. The van der Waals surface area contributed by atoms with E-state index in [1.165, 1.54) is 0 Å². The number of carbonyl (C=O) groups excluding carboxylic acids is 4. The van der Waals surface area contributed by atoms with Crippen LogP contribution in [0.15, 0.2) is 91.0 Å². The number of unbranched alkanes of at least 4 members (excludes halogenated alkanes) is 1. The van der Waals surface area contributed by atoms with Gasteiger partial charge in [0.2, 0.25) is 11.8 Å². The number of hydrogen-bond acceptors (Lipinski definition) is 9. The Hall–Kier alpha value is -5.92. The number of para-hydroxylation sites is 1. The van der Waals surface area contributed by atoms with E-state index in [4.69, 9.17) is 9.47 Å². The average Bonchev–Trinajstić information content (AvgIpc) is 3.80. The first kappa shape index (κ1) is 41.2. The number of nitrogens with one attached hydrogen (secondary N) is 4. The molecule has 4 amide bonds. The fraction of sp³-hybridized carbons (Fsp3) is 0.391. The first-order chi connectivity index (χ1) is 28.7. The van der Waals surface area contributed by atoms with Gasteiger partial charge in [0.15, 0.2) is 12.4 Å². The molecule has 4 aromatic carbocycles. The van der Waals surface area contributed by atoms with Crippen molar-refractivity contribution in [2.24, 2.45) is 11.8 Å². The molecule has 1 saturated carbocycles. The predicted octanol–water partition coefficient (Wildman–Crippen LogP) is 6.64. The Labute approximate surface area is 345 Å². The van der Waals surface area contributed by atoms with E-state index in [1.807, 2.05) is 85.9 Å². The minimum atomic E-state index is -0.421. The number of likely N-dealkylation sites (tertiary alicyclic amines) is 1. The number of phenolic OH excluding ortho intramolecular Hbond substituents is 1. The lowest BCUT2D eigenvalue weighted by atomic mass is 10.0. The number of anilines is 3. The molecule has 310 valence electrons. The highest BCUT2D eigenvalue weighted by atomic mass is 16.6. The monoisotopic (exact) mass is 802 g/mol. The Balaban J connectivity index is 0.727. The largest absolute Gasteiger partial charge is 0.506 e. The van der Waals surface area contributed by atoms with Crippen molar-refractivity contribution in [3.05, 3.63) is 102 Å². The van der Waals surface area contributed by atoms with Crippen molar-refractivity contribution in [3.8, 4) is 22.6 Å². The molecule has 1 saturated heterocycles. The van der Waals surface area contributed by atoms with Gasteiger partial charge in [0, 0.05) is 63.9 Å². The van der Waals surface area contributed by atoms with Crippen molar-refractivity contribution in [1.82, 2.24) is 15.1 Å². The zero-order valence-corrected chi connectivity index (χ0v) is 33.6. The number of benzene rings is 4. The fourth-order valence-electron chi connectivity index (χ4n) is 8.37. The molecule has 3 aliphatic rings. The number of amides is 4. The molecule has 59 heavy (non-hydrogen) atoms. The van der Waals surface area contributed by atoms with Gasteiger partial charge in [-0.3, -0.25) is 19.7 Å². The van der Waals surface area contributed by atoms with Crippen LogP contribution in [-0.2, 0) is 32.1 Å². The quantitative estimate of drug-likeness (QED) is 0.0583. The van der Waals surface area contributed by atoms with Crippen molar-refractivity contribution < 1.29 is 33.8 Å². The summed E-state index contributed by atoms with van der Waals surface area (Å²) in [5.74, 6) is 1.18. The maximum absolute atomic E-state index is 12.9. The maximum Gasteiger partial charge on any atom is 0.411 e. The highest BCUT2D eigenvalue weighted by Crippen LogP contribution is 2.40. The normalized spacial score (nSPS) is 18.3. The molecular weight excluding hydrogens is 749 g/mol. The Morgan fingerprint density at radius 2 is 1.64 bits per heavy atom. The minimum Gasteiger partial charge on any atom is -0.506 e. The number of hydrogen-bond donors (Lipinski definition) is 5. The van der Waals surface area contributed by atoms with E-state index in [2.05, 4.69) is 26.2 Å². The minimum absolute atomic E-state index is 0.0153. The number of rotatable bonds is 17. The van der Waals surface area contributed by atoms with Crippen LogP contribution in [0, 0.1) is 11.8 Å². The van der Waals surface area contributed by atoms with Gasteiger partial charge in [-0.1, -0.05) is 66.7 Å². The van der Waals surface area contributed by atoms with Crippen LogP contribution in [-0.4, -0.2) is 91.2 Å². The molecule has 2 heterocycles. The summed E-state index contributed by atoms with van der Waals surface area (Å²) in [5.41, 5.74) is 5.74. The first-order valence-corrected chi connectivity index (χ1v) is 20.6. The van der Waals surface area contributed by atoms with Gasteiger partial charge >= 0.3 is 6.09 Å². The van der Waals surface area contributed by atoms with Crippen LogP contribution in [0.4, 0.5) is 21.9 Å². The van der Waals surface area contributed by atoms with Gasteiger partial charge < -0.3 is 40.3 Å². The molecule has 4 aromatic rings. The number of nitrogens with zero attached hydrogens (tertiary/aromatic N) is 2. The lowest BCUT2D eigenvalue weighted by Gasteiger charge is -2.21. The van der Waals surface area contributed by atoms with E-state index in [0.717, 1.165) is 66.0 Å². The lowest BCUT2D eigenvalue weighted by Crippen LogP contribution is -2.33. The van der Waals surface area contributed by atoms with Gasteiger partial charge in [0.05, 0.1) is 5.69 Å². The summed E-state index contributed by atoms with van der Waals surface area (Å²) in [6.45, 7) is 4.39. The summed E-state index contributed by atoms with van der Waals surface area (Å²) in [7, 11) is 1.83. The standard InChI is InChI=1S/C46H54N6O7/c1-51(23-8-7-13-41(54)48-36-17-14-31(15-18-36)27-47-22-20-33-16-19-40(53)44-45(33)58-30-42(55)50-44)43(56)21-24-52-28-34-25-37(26-35(34)29-52)59-46(57)49-39-12-6-5-11-38(39)32-9-3-2-4-10-32/h2-6,9-12,14-19,34-35,37,47,53H,7-8,13,20-30H2,1H3,(H,48,54)(H,49,57)(H,50,55). The summed E-state index contributed by atoms with van der Waals surface area (Å²) >= 11 is 0. The average molecular weight is 803 g/mol. The fourth-order valence-corrected chi connectivity index (χ4v) is 8.37. The van der Waals surface area contributed by atoms with Gasteiger partial charge in [0.1, 0.15) is 17.5 Å². The highest BCUT2D eigenvalue weighted by Gasteiger charge is 2.42. The summed E-state index contributed by atoms with van der Waals surface area (Å²) in [4.78, 5) is 54.2. The second-order valence-corrected chi connectivity index (χ2v) is 15.8. The second kappa shape index (κ2) is 19.7. The molecule has 0 spiro atoms. The molecule has 13 heteroatoms. The third-order valence-electron chi connectivity index (χ3n) is 11.5. The number of fused-ring (bicyclic) bond motifs is 2. The van der Waals surface area contributed by atoms with Crippen LogP contribution in [0.2, 0.25) is 0 Å². The van der Waals surface area contributed by atoms with Gasteiger partial charge in [0.25, 0.3) is 5.91 Å². The molecule has 2 fully saturated rings. The van der Waals surface area contributed by atoms with Crippen molar-refractivity contribution in [1.29, 1.82) is 0 Å². The highest BCUT2D eigenvalue weighted by molar-refractivity contribution is 5.97. The molecule has 5 N–H and O–H groups in total. The summed E-state index contributed by atoms with van der Waals surface area (Å²) in [6, 6.07) is 28.8. The predicted molar refractivity (Wildman–Crippen MR) is 227 cm³/mol. The summed E-state index contributed by atoms with van der Waals surface area (Å²) in [6.07, 6.45) is 4.08. The van der Waals surface area contributed by atoms with Crippen LogP contribution in [0.3, 0.4) is 0 Å². The first-order valence-electron chi connectivity index (χ1n) is 20.6. The zero-order chi connectivity index (χ0) is 41.1. The molecule has 13 nitrogen and oxygen atoms in total. The lowest BCUT2D eigenvalue weighted by molar-refractivity contribution is -0.130. The molecule has 0 radical (unpaired) electrons. The van der Waals surface area contributed by atoms with Crippen LogP contribution in [0.5, 0.6) is 11.5 Å². The Kier molecular flexibility index (Phi) is 13.8. The van der Waals surface area contributed by atoms with Gasteiger partial charge in [-0.25, -0.2) is 4.79 Å². The smallest absolute Gasteiger partial charge is 0.411 e. The summed E-state index contributed by atoms with van der Waals surface area (Å²) in [5, 5.41) is 22.0. The second-order valence-electron chi connectivity index (χ2n) is 15.8. The van der Waals surface area contributed by atoms with E-state index < -0.39 is 6.09 Å². The molecule has 0 aromatic heterocycles. The topological polar surface area (TPSA) is 162 Å². The number of phenols is 1. The van der Waals surface area contributed by atoms with Crippen molar-refractivity contribution in [3.63, 3.8) is 0 Å².